The summed E-state index contributed by atoms with van der Waals surface area (Å²) in [5.41, 5.74) is 0. The van der Waals surface area contributed by atoms with Crippen LogP contribution in [0.3, 0.4) is 0 Å². The average molecular weight is 242 g/mol. The highest BCUT2D eigenvalue weighted by atomic mass is 16.5. The van der Waals surface area contributed by atoms with Gasteiger partial charge in [0.2, 0.25) is 5.91 Å². The van der Waals surface area contributed by atoms with Crippen molar-refractivity contribution in [1.29, 1.82) is 0 Å². The number of hydrogen-bond acceptors (Lipinski definition) is 4. The molecule has 5 heteroatoms. The maximum atomic E-state index is 11.4. The molecule has 17 heavy (non-hydrogen) atoms. The first-order chi connectivity index (χ1) is 8.02. The topological polar surface area (TPSA) is 58.6 Å². The molecule has 0 saturated carbocycles. The third kappa shape index (κ3) is 4.73. The predicted molar refractivity (Wildman–Crippen MR) is 64.5 cm³/mol. The lowest BCUT2D eigenvalue weighted by Crippen LogP contribution is -2.38. The Labute approximate surface area is 102 Å². The quantitative estimate of drug-likeness (QED) is 0.715. The van der Waals surface area contributed by atoms with E-state index in [0.717, 1.165) is 19.5 Å². The summed E-state index contributed by atoms with van der Waals surface area (Å²) < 4.78 is 4.93. The first-order valence-electron chi connectivity index (χ1n) is 6.19. The maximum absolute atomic E-state index is 11.4. The minimum atomic E-state index is -0.150. The van der Waals surface area contributed by atoms with Gasteiger partial charge in [-0.15, -0.1) is 0 Å². The summed E-state index contributed by atoms with van der Waals surface area (Å²) in [6, 6.07) is 0.393. The number of carbonyl (C=O) groups excluding carboxylic acids is 2. The lowest BCUT2D eigenvalue weighted by molar-refractivity contribution is -0.144. The Balaban J connectivity index is 2.32. The van der Waals surface area contributed by atoms with Gasteiger partial charge in [0.1, 0.15) is 0 Å². The van der Waals surface area contributed by atoms with Gasteiger partial charge in [-0.05, 0) is 20.3 Å². The summed E-state index contributed by atoms with van der Waals surface area (Å²) in [6.45, 7) is 7.54. The van der Waals surface area contributed by atoms with Gasteiger partial charge >= 0.3 is 5.97 Å². The fourth-order valence-electron chi connectivity index (χ4n) is 2.18. The molecule has 1 rings (SSSR count). The lowest BCUT2D eigenvalue weighted by Gasteiger charge is -2.23. The molecule has 0 aliphatic carbocycles. The van der Waals surface area contributed by atoms with Crippen molar-refractivity contribution in [3.05, 3.63) is 0 Å². The Morgan fingerprint density at radius 2 is 2.24 bits per heavy atom. The van der Waals surface area contributed by atoms with Crippen LogP contribution < -0.4 is 5.32 Å². The SMILES string of the molecule is CCOC(=O)CC(C)N1CCC(NC(C)=O)C1. The van der Waals surface area contributed by atoms with Gasteiger partial charge < -0.3 is 10.1 Å². The predicted octanol–water partition coefficient (Wildman–Crippen LogP) is 0.539. The molecule has 2 atom stereocenters. The number of ether oxygens (including phenoxy) is 1. The van der Waals surface area contributed by atoms with E-state index in [9.17, 15) is 9.59 Å². The number of likely N-dealkylation sites (tertiary alicyclic amines) is 1. The first-order valence-corrected chi connectivity index (χ1v) is 6.19. The van der Waals surface area contributed by atoms with Crippen LogP contribution in [0.4, 0.5) is 0 Å². The van der Waals surface area contributed by atoms with E-state index in [1.807, 2.05) is 13.8 Å². The summed E-state index contributed by atoms with van der Waals surface area (Å²) in [5.74, 6) is -0.141. The molecule has 0 aromatic carbocycles. The molecule has 2 unspecified atom stereocenters. The molecule has 1 aliphatic rings. The van der Waals surface area contributed by atoms with Crippen LogP contribution in [0, 0.1) is 0 Å². The van der Waals surface area contributed by atoms with E-state index in [2.05, 4.69) is 10.2 Å². The molecule has 1 saturated heterocycles. The zero-order valence-electron chi connectivity index (χ0n) is 10.9. The summed E-state index contributed by atoms with van der Waals surface area (Å²) >= 11 is 0. The standard InChI is InChI=1S/C12H22N2O3/c1-4-17-12(16)7-9(2)14-6-5-11(8-14)13-10(3)15/h9,11H,4-8H2,1-3H3,(H,13,15). The van der Waals surface area contributed by atoms with Crippen molar-refractivity contribution in [3.8, 4) is 0 Å². The number of nitrogens with zero attached hydrogens (tertiary/aromatic N) is 1. The summed E-state index contributed by atoms with van der Waals surface area (Å²) in [7, 11) is 0. The van der Waals surface area contributed by atoms with E-state index in [1.165, 1.54) is 6.92 Å². The number of nitrogens with one attached hydrogen (secondary N) is 1. The number of amides is 1. The monoisotopic (exact) mass is 242 g/mol. The van der Waals surface area contributed by atoms with Crippen LogP contribution in [0.2, 0.25) is 0 Å². The van der Waals surface area contributed by atoms with Crippen molar-refractivity contribution in [3.63, 3.8) is 0 Å². The van der Waals surface area contributed by atoms with E-state index in [4.69, 9.17) is 4.74 Å². The molecule has 1 aliphatic heterocycles. The number of carbonyl (C=O) groups is 2. The summed E-state index contributed by atoms with van der Waals surface area (Å²) in [5, 5.41) is 2.91. The lowest BCUT2D eigenvalue weighted by atomic mass is 10.2. The Bertz CT molecular complexity index is 281. The summed E-state index contributed by atoms with van der Waals surface area (Å²) in [4.78, 5) is 24.5. The zero-order chi connectivity index (χ0) is 12.8. The van der Waals surface area contributed by atoms with Crippen molar-refractivity contribution in [2.75, 3.05) is 19.7 Å². The highest BCUT2D eigenvalue weighted by molar-refractivity contribution is 5.73. The fraction of sp³-hybridized carbons (Fsp3) is 0.833. The molecule has 1 heterocycles. The summed E-state index contributed by atoms with van der Waals surface area (Å²) in [6.07, 6.45) is 1.37. The molecular weight excluding hydrogens is 220 g/mol. The highest BCUT2D eigenvalue weighted by Gasteiger charge is 2.27. The van der Waals surface area contributed by atoms with E-state index in [1.54, 1.807) is 0 Å². The Kier molecular flexibility index (Phi) is 5.41. The van der Waals surface area contributed by atoms with E-state index >= 15 is 0 Å². The van der Waals surface area contributed by atoms with Crippen LogP contribution in [0.1, 0.15) is 33.6 Å². The van der Waals surface area contributed by atoms with Crippen molar-refractivity contribution in [2.24, 2.45) is 0 Å². The minimum Gasteiger partial charge on any atom is -0.466 e. The van der Waals surface area contributed by atoms with Crippen LogP contribution >= 0.6 is 0 Å². The largest absolute Gasteiger partial charge is 0.466 e. The first kappa shape index (κ1) is 14.0. The normalized spacial score (nSPS) is 22.2. The number of esters is 1. The second kappa shape index (κ2) is 6.59. The molecule has 0 radical (unpaired) electrons. The van der Waals surface area contributed by atoms with Gasteiger partial charge in [0.25, 0.3) is 0 Å². The van der Waals surface area contributed by atoms with Crippen molar-refractivity contribution in [2.45, 2.75) is 45.7 Å². The van der Waals surface area contributed by atoms with Crippen molar-refractivity contribution < 1.29 is 14.3 Å². The second-order valence-electron chi connectivity index (χ2n) is 4.54. The van der Waals surface area contributed by atoms with Gasteiger partial charge in [-0.1, -0.05) is 0 Å². The molecule has 1 N–H and O–H groups in total. The molecule has 5 nitrogen and oxygen atoms in total. The molecule has 0 aromatic rings. The maximum Gasteiger partial charge on any atom is 0.307 e. The average Bonchev–Trinajstić information content (AvgIpc) is 2.65. The smallest absolute Gasteiger partial charge is 0.307 e. The zero-order valence-corrected chi connectivity index (χ0v) is 10.9. The van der Waals surface area contributed by atoms with E-state index in [0.29, 0.717) is 13.0 Å². The van der Waals surface area contributed by atoms with Crippen molar-refractivity contribution >= 4 is 11.9 Å². The van der Waals surface area contributed by atoms with Crippen LogP contribution in [-0.4, -0.2) is 48.6 Å². The molecule has 0 aromatic heterocycles. The molecule has 0 bridgehead atoms. The molecule has 1 amide bonds. The van der Waals surface area contributed by atoms with Crippen LogP contribution in [-0.2, 0) is 14.3 Å². The van der Waals surface area contributed by atoms with Crippen molar-refractivity contribution in [1.82, 2.24) is 10.2 Å². The van der Waals surface area contributed by atoms with E-state index in [-0.39, 0.29) is 24.0 Å². The van der Waals surface area contributed by atoms with Crippen LogP contribution in [0.5, 0.6) is 0 Å². The molecule has 0 spiro atoms. The Morgan fingerprint density at radius 3 is 2.82 bits per heavy atom. The Morgan fingerprint density at radius 1 is 1.53 bits per heavy atom. The second-order valence-corrected chi connectivity index (χ2v) is 4.54. The molecular formula is C12H22N2O3. The van der Waals surface area contributed by atoms with Gasteiger partial charge in [0.05, 0.1) is 13.0 Å². The van der Waals surface area contributed by atoms with Gasteiger partial charge in [-0.25, -0.2) is 0 Å². The highest BCUT2D eigenvalue weighted by Crippen LogP contribution is 2.15. The number of rotatable bonds is 5. The molecule has 1 fully saturated rings. The van der Waals surface area contributed by atoms with Crippen LogP contribution in [0.15, 0.2) is 0 Å². The Hall–Kier alpha value is -1.10. The third-order valence-corrected chi connectivity index (χ3v) is 3.02. The van der Waals surface area contributed by atoms with Gasteiger partial charge in [-0.3, -0.25) is 14.5 Å². The van der Waals surface area contributed by atoms with Gasteiger partial charge in [-0.2, -0.15) is 0 Å². The van der Waals surface area contributed by atoms with Gasteiger partial charge in [0.15, 0.2) is 0 Å². The fourth-order valence-corrected chi connectivity index (χ4v) is 2.18. The molecule has 98 valence electrons. The minimum absolute atomic E-state index is 0.00916. The van der Waals surface area contributed by atoms with Gasteiger partial charge in [0, 0.05) is 32.1 Å². The number of hydrogen-bond donors (Lipinski definition) is 1. The van der Waals surface area contributed by atoms with E-state index < -0.39 is 0 Å². The third-order valence-electron chi connectivity index (χ3n) is 3.02. The van der Waals surface area contributed by atoms with Crippen LogP contribution in [0.25, 0.3) is 0 Å².